The summed E-state index contributed by atoms with van der Waals surface area (Å²) >= 11 is 0. The molecule has 6 nitrogen and oxygen atoms in total. The highest BCUT2D eigenvalue weighted by Gasteiger charge is 2.16. The number of nitrogens with zero attached hydrogens (tertiary/aromatic N) is 2. The number of amides is 2. The number of carbonyl (C=O) groups is 1. The van der Waals surface area contributed by atoms with Crippen LogP contribution in [0.5, 0.6) is 0 Å². The Balaban J connectivity index is 1.49. The number of rotatable bonds is 4. The number of carbonyl (C=O) groups excluding carboxylic acids is 1. The van der Waals surface area contributed by atoms with E-state index in [4.69, 9.17) is 9.15 Å². The monoisotopic (exact) mass is 319 g/mol. The van der Waals surface area contributed by atoms with Crippen LogP contribution in [-0.4, -0.2) is 48.8 Å². The number of morpholine rings is 1. The highest BCUT2D eigenvalue weighted by molar-refractivity contribution is 5.74. The Bertz CT molecular complexity index is 651. The first-order valence-electron chi connectivity index (χ1n) is 7.53. The molecule has 0 bridgehead atoms. The molecule has 122 valence electrons. The van der Waals surface area contributed by atoms with Gasteiger partial charge in [-0.25, -0.2) is 14.2 Å². The van der Waals surface area contributed by atoms with Gasteiger partial charge < -0.3 is 19.4 Å². The normalized spacial score (nSPS) is 14.7. The molecule has 1 saturated heterocycles. The topological polar surface area (TPSA) is 67.6 Å². The lowest BCUT2D eigenvalue weighted by molar-refractivity contribution is 0.0533. The number of aromatic nitrogens is 1. The third-order valence-electron chi connectivity index (χ3n) is 3.60. The summed E-state index contributed by atoms with van der Waals surface area (Å²) in [4.78, 5) is 18.0. The van der Waals surface area contributed by atoms with Crippen molar-refractivity contribution >= 4 is 6.03 Å². The largest absolute Gasteiger partial charge is 0.444 e. The molecule has 0 spiro atoms. The van der Waals surface area contributed by atoms with Gasteiger partial charge in [0, 0.05) is 31.6 Å². The number of hydrogen-bond donors (Lipinski definition) is 1. The van der Waals surface area contributed by atoms with E-state index in [2.05, 4.69) is 10.3 Å². The number of ether oxygens (including phenoxy) is 1. The summed E-state index contributed by atoms with van der Waals surface area (Å²) in [6.07, 6.45) is 2.13. The molecule has 3 rings (SSSR count). The summed E-state index contributed by atoms with van der Waals surface area (Å²) in [5.41, 5.74) is 1.46. The van der Waals surface area contributed by atoms with E-state index in [0.717, 1.165) is 11.3 Å². The standard InChI is InChI=1S/C16H18FN3O3/c17-13-3-1-12(2-4-13)15-19-14(11-23-15)5-6-18-16(21)20-7-9-22-10-8-20/h1-4,11H,5-10H2,(H,18,21). The molecule has 1 aromatic heterocycles. The predicted octanol–water partition coefficient (Wildman–Crippen LogP) is 2.06. The molecule has 2 aromatic rings. The second-order valence-corrected chi connectivity index (χ2v) is 5.23. The van der Waals surface area contributed by atoms with Crippen LogP contribution < -0.4 is 5.32 Å². The Morgan fingerprint density at radius 1 is 1.26 bits per heavy atom. The summed E-state index contributed by atoms with van der Waals surface area (Å²) in [6, 6.07) is 5.87. The van der Waals surface area contributed by atoms with E-state index in [-0.39, 0.29) is 11.8 Å². The first-order chi connectivity index (χ1) is 11.2. The average Bonchev–Trinajstić information content (AvgIpc) is 3.05. The maximum atomic E-state index is 12.9. The van der Waals surface area contributed by atoms with Crippen molar-refractivity contribution in [2.75, 3.05) is 32.8 Å². The number of nitrogens with one attached hydrogen (secondary N) is 1. The average molecular weight is 319 g/mol. The van der Waals surface area contributed by atoms with Gasteiger partial charge in [0.1, 0.15) is 12.1 Å². The van der Waals surface area contributed by atoms with Gasteiger partial charge in [0.05, 0.1) is 18.9 Å². The predicted molar refractivity (Wildman–Crippen MR) is 81.4 cm³/mol. The van der Waals surface area contributed by atoms with Crippen molar-refractivity contribution in [3.8, 4) is 11.5 Å². The Labute approximate surface area is 133 Å². The minimum Gasteiger partial charge on any atom is -0.444 e. The summed E-state index contributed by atoms with van der Waals surface area (Å²) in [5, 5.41) is 2.86. The molecular weight excluding hydrogens is 301 g/mol. The zero-order valence-corrected chi connectivity index (χ0v) is 12.6. The van der Waals surface area contributed by atoms with Crippen molar-refractivity contribution in [2.24, 2.45) is 0 Å². The lowest BCUT2D eigenvalue weighted by atomic mass is 10.2. The van der Waals surface area contributed by atoms with Crippen molar-refractivity contribution < 1.29 is 18.3 Å². The molecule has 2 heterocycles. The maximum Gasteiger partial charge on any atom is 0.317 e. The van der Waals surface area contributed by atoms with Crippen LogP contribution in [0.4, 0.5) is 9.18 Å². The number of urea groups is 1. The zero-order valence-electron chi connectivity index (χ0n) is 12.6. The minimum absolute atomic E-state index is 0.0875. The molecule has 1 fully saturated rings. The molecule has 0 saturated carbocycles. The number of benzene rings is 1. The van der Waals surface area contributed by atoms with Crippen molar-refractivity contribution in [1.29, 1.82) is 0 Å². The van der Waals surface area contributed by atoms with Gasteiger partial charge in [-0.05, 0) is 24.3 Å². The van der Waals surface area contributed by atoms with Crippen LogP contribution in [0.2, 0.25) is 0 Å². The van der Waals surface area contributed by atoms with E-state index in [9.17, 15) is 9.18 Å². The molecule has 0 atom stereocenters. The third kappa shape index (κ3) is 4.07. The quantitative estimate of drug-likeness (QED) is 0.937. The van der Waals surface area contributed by atoms with Crippen LogP contribution in [0.25, 0.3) is 11.5 Å². The molecule has 1 aliphatic heterocycles. The fraction of sp³-hybridized carbons (Fsp3) is 0.375. The van der Waals surface area contributed by atoms with E-state index in [1.165, 1.54) is 12.1 Å². The lowest BCUT2D eigenvalue weighted by Gasteiger charge is -2.26. The molecular formula is C16H18FN3O3. The van der Waals surface area contributed by atoms with Gasteiger partial charge in [0.25, 0.3) is 0 Å². The summed E-state index contributed by atoms with van der Waals surface area (Å²) in [6.45, 7) is 2.87. The first kappa shape index (κ1) is 15.5. The number of hydrogen-bond acceptors (Lipinski definition) is 4. The number of oxazole rings is 1. The highest BCUT2D eigenvalue weighted by atomic mass is 19.1. The van der Waals surface area contributed by atoms with Gasteiger partial charge >= 0.3 is 6.03 Å². The fourth-order valence-corrected chi connectivity index (χ4v) is 2.32. The highest BCUT2D eigenvalue weighted by Crippen LogP contribution is 2.18. The minimum atomic E-state index is -0.300. The van der Waals surface area contributed by atoms with Crippen molar-refractivity contribution in [1.82, 2.24) is 15.2 Å². The van der Waals surface area contributed by atoms with Crippen LogP contribution in [0, 0.1) is 5.82 Å². The van der Waals surface area contributed by atoms with Gasteiger partial charge in [-0.15, -0.1) is 0 Å². The van der Waals surface area contributed by atoms with Crippen LogP contribution in [0.3, 0.4) is 0 Å². The maximum absolute atomic E-state index is 12.9. The van der Waals surface area contributed by atoms with Crippen LogP contribution in [-0.2, 0) is 11.2 Å². The lowest BCUT2D eigenvalue weighted by Crippen LogP contribution is -2.46. The van der Waals surface area contributed by atoms with Gasteiger partial charge in [-0.1, -0.05) is 0 Å². The summed E-state index contributed by atoms with van der Waals surface area (Å²) < 4.78 is 23.5. The van der Waals surface area contributed by atoms with Crippen LogP contribution in [0.15, 0.2) is 34.9 Å². The molecule has 2 amide bonds. The molecule has 1 aromatic carbocycles. The Morgan fingerprint density at radius 2 is 2.00 bits per heavy atom. The number of halogens is 1. The molecule has 1 N–H and O–H groups in total. The molecule has 0 radical (unpaired) electrons. The van der Waals surface area contributed by atoms with E-state index in [0.29, 0.717) is 45.2 Å². The molecule has 23 heavy (non-hydrogen) atoms. The van der Waals surface area contributed by atoms with E-state index >= 15 is 0 Å². The van der Waals surface area contributed by atoms with Crippen molar-refractivity contribution in [3.05, 3.63) is 42.0 Å². The Morgan fingerprint density at radius 3 is 2.74 bits per heavy atom. The smallest absolute Gasteiger partial charge is 0.317 e. The second-order valence-electron chi connectivity index (χ2n) is 5.23. The zero-order chi connectivity index (χ0) is 16.1. The molecule has 0 aliphatic carbocycles. The Kier molecular flexibility index (Phi) is 4.87. The fourth-order valence-electron chi connectivity index (χ4n) is 2.32. The van der Waals surface area contributed by atoms with Crippen LogP contribution >= 0.6 is 0 Å². The van der Waals surface area contributed by atoms with Crippen LogP contribution in [0.1, 0.15) is 5.69 Å². The van der Waals surface area contributed by atoms with Gasteiger partial charge in [-0.2, -0.15) is 0 Å². The van der Waals surface area contributed by atoms with E-state index in [1.54, 1.807) is 23.3 Å². The molecule has 1 aliphatic rings. The van der Waals surface area contributed by atoms with Crippen molar-refractivity contribution in [3.63, 3.8) is 0 Å². The van der Waals surface area contributed by atoms with Gasteiger partial charge in [0.2, 0.25) is 5.89 Å². The van der Waals surface area contributed by atoms with E-state index < -0.39 is 0 Å². The van der Waals surface area contributed by atoms with Gasteiger partial charge in [-0.3, -0.25) is 0 Å². The van der Waals surface area contributed by atoms with E-state index in [1.807, 2.05) is 0 Å². The summed E-state index contributed by atoms with van der Waals surface area (Å²) in [7, 11) is 0. The summed E-state index contributed by atoms with van der Waals surface area (Å²) in [5.74, 6) is 0.144. The Hall–Kier alpha value is -2.41. The molecule has 7 heteroatoms. The SMILES string of the molecule is O=C(NCCc1coc(-c2ccc(F)cc2)n1)N1CCOCC1. The second kappa shape index (κ2) is 7.23. The van der Waals surface area contributed by atoms with Gasteiger partial charge in [0.15, 0.2) is 0 Å². The third-order valence-corrected chi connectivity index (χ3v) is 3.60. The first-order valence-corrected chi connectivity index (χ1v) is 7.53. The molecule has 0 unspecified atom stereocenters. The van der Waals surface area contributed by atoms with Crippen molar-refractivity contribution in [2.45, 2.75) is 6.42 Å².